The fourth-order valence-electron chi connectivity index (χ4n) is 4.44. The number of hydrogen-bond acceptors (Lipinski definition) is 4. The van der Waals surface area contributed by atoms with Crippen molar-refractivity contribution in [2.24, 2.45) is 4.99 Å². The molecule has 0 radical (unpaired) electrons. The highest BCUT2D eigenvalue weighted by atomic mass is 32.2. The summed E-state index contributed by atoms with van der Waals surface area (Å²) in [6.07, 6.45) is 4.71. The second kappa shape index (κ2) is 9.04. The summed E-state index contributed by atoms with van der Waals surface area (Å²) in [5, 5.41) is 6.73. The molecule has 0 saturated carbocycles. The first kappa shape index (κ1) is 22.1. The van der Waals surface area contributed by atoms with E-state index < -0.39 is 14.6 Å². The third kappa shape index (κ3) is 5.51. The molecule has 2 unspecified atom stereocenters. The summed E-state index contributed by atoms with van der Waals surface area (Å²) >= 11 is 0. The van der Waals surface area contributed by atoms with Crippen molar-refractivity contribution in [2.75, 3.05) is 19.3 Å². The van der Waals surface area contributed by atoms with E-state index in [-0.39, 0.29) is 5.75 Å². The Labute approximate surface area is 176 Å². The Balaban J connectivity index is 1.50. The largest absolute Gasteiger partial charge is 0.355 e. The molecule has 2 saturated heterocycles. The summed E-state index contributed by atoms with van der Waals surface area (Å²) in [6, 6.07) is 12.3. The molecular formula is C22H36N4O2S. The zero-order chi connectivity index (χ0) is 21.1. The lowest BCUT2D eigenvalue weighted by Crippen LogP contribution is -2.52. The number of rotatable bonds is 6. The van der Waals surface area contributed by atoms with Crippen molar-refractivity contribution in [3.63, 3.8) is 0 Å². The molecule has 2 fully saturated rings. The molecule has 2 aliphatic heterocycles. The molecule has 0 aliphatic carbocycles. The Bertz CT molecular complexity index is 788. The van der Waals surface area contributed by atoms with Crippen LogP contribution in [0.25, 0.3) is 0 Å². The smallest absolute Gasteiger partial charge is 0.191 e. The number of benzene rings is 1. The number of guanidine groups is 1. The maximum atomic E-state index is 12.3. The summed E-state index contributed by atoms with van der Waals surface area (Å²) < 4.78 is 23.8. The van der Waals surface area contributed by atoms with Gasteiger partial charge >= 0.3 is 0 Å². The number of nitrogens with zero attached hydrogens (tertiary/aromatic N) is 2. The van der Waals surface area contributed by atoms with Gasteiger partial charge in [0, 0.05) is 38.3 Å². The minimum atomic E-state index is -3.13. The molecule has 2 N–H and O–H groups in total. The number of aliphatic imine (C=N–C) groups is 1. The van der Waals surface area contributed by atoms with Crippen LogP contribution in [-0.4, -0.2) is 61.5 Å². The fraction of sp³-hybridized carbons (Fsp3) is 0.682. The number of nitrogens with one attached hydrogen (secondary N) is 2. The molecule has 0 aromatic heterocycles. The van der Waals surface area contributed by atoms with Crippen LogP contribution in [0.15, 0.2) is 35.3 Å². The van der Waals surface area contributed by atoms with Gasteiger partial charge in [-0.25, -0.2) is 8.42 Å². The standard InChI is InChI=1S/C22H36N4O2S/c1-22(2,3)29(27,28)13-12-24-21(23-4)25-18-14-19-10-11-20(15-18)26(19)16-17-8-6-5-7-9-17/h5-9,18-20H,10-16H2,1-4H3,(H2,23,24,25). The van der Waals surface area contributed by atoms with Gasteiger partial charge in [0.1, 0.15) is 0 Å². The first-order valence-corrected chi connectivity index (χ1v) is 12.3. The fourth-order valence-corrected chi connectivity index (χ4v) is 5.43. The van der Waals surface area contributed by atoms with Crippen molar-refractivity contribution < 1.29 is 8.42 Å². The van der Waals surface area contributed by atoms with E-state index in [4.69, 9.17) is 0 Å². The average Bonchev–Trinajstić information content (AvgIpc) is 2.89. The lowest BCUT2D eigenvalue weighted by molar-refractivity contribution is 0.114. The minimum absolute atomic E-state index is 0.109. The van der Waals surface area contributed by atoms with Crippen molar-refractivity contribution in [2.45, 2.75) is 75.9 Å². The van der Waals surface area contributed by atoms with E-state index in [0.29, 0.717) is 30.6 Å². The van der Waals surface area contributed by atoms with E-state index in [1.807, 2.05) is 0 Å². The number of hydrogen-bond donors (Lipinski definition) is 2. The average molecular weight is 421 g/mol. The van der Waals surface area contributed by atoms with Gasteiger partial charge in [-0.1, -0.05) is 30.3 Å². The second-order valence-electron chi connectivity index (χ2n) is 9.29. The van der Waals surface area contributed by atoms with Crippen LogP contribution in [0.4, 0.5) is 0 Å². The molecule has 29 heavy (non-hydrogen) atoms. The van der Waals surface area contributed by atoms with Gasteiger partial charge in [-0.15, -0.1) is 0 Å². The van der Waals surface area contributed by atoms with Gasteiger partial charge in [0.25, 0.3) is 0 Å². The summed E-state index contributed by atoms with van der Waals surface area (Å²) in [5.74, 6) is 0.813. The topological polar surface area (TPSA) is 73.8 Å². The van der Waals surface area contributed by atoms with E-state index in [2.05, 4.69) is 50.9 Å². The second-order valence-corrected chi connectivity index (χ2v) is 12.1. The minimum Gasteiger partial charge on any atom is -0.355 e. The quantitative estimate of drug-likeness (QED) is 0.547. The maximum Gasteiger partial charge on any atom is 0.191 e. The predicted octanol–water partition coefficient (Wildman–Crippen LogP) is 2.56. The van der Waals surface area contributed by atoms with Crippen LogP contribution in [0.5, 0.6) is 0 Å². The molecule has 162 valence electrons. The highest BCUT2D eigenvalue weighted by molar-refractivity contribution is 7.92. The third-order valence-corrected chi connectivity index (χ3v) is 8.86. The summed E-state index contributed by atoms with van der Waals surface area (Å²) in [5.41, 5.74) is 1.38. The van der Waals surface area contributed by atoms with Crippen LogP contribution < -0.4 is 10.6 Å². The zero-order valence-corrected chi connectivity index (χ0v) is 19.0. The Morgan fingerprint density at radius 1 is 1.14 bits per heavy atom. The van der Waals surface area contributed by atoms with Crippen molar-refractivity contribution in [3.8, 4) is 0 Å². The number of fused-ring (bicyclic) bond motifs is 2. The molecule has 1 aromatic carbocycles. The van der Waals surface area contributed by atoms with Crippen LogP contribution in [-0.2, 0) is 16.4 Å². The van der Waals surface area contributed by atoms with E-state index in [1.54, 1.807) is 27.8 Å². The van der Waals surface area contributed by atoms with Crippen LogP contribution in [0.1, 0.15) is 52.0 Å². The lowest BCUT2D eigenvalue weighted by atomic mass is 9.96. The molecule has 0 amide bonds. The van der Waals surface area contributed by atoms with E-state index in [9.17, 15) is 8.42 Å². The van der Waals surface area contributed by atoms with Crippen molar-refractivity contribution in [1.29, 1.82) is 0 Å². The van der Waals surface area contributed by atoms with Gasteiger partial charge in [-0.3, -0.25) is 9.89 Å². The number of piperidine rings is 1. The normalized spacial score (nSPS) is 25.8. The third-order valence-electron chi connectivity index (χ3n) is 6.25. The molecule has 0 spiro atoms. The molecule has 2 heterocycles. The van der Waals surface area contributed by atoms with E-state index >= 15 is 0 Å². The molecule has 3 rings (SSSR count). The first-order chi connectivity index (χ1) is 13.7. The molecule has 6 nitrogen and oxygen atoms in total. The van der Waals surface area contributed by atoms with Crippen molar-refractivity contribution in [3.05, 3.63) is 35.9 Å². The van der Waals surface area contributed by atoms with Gasteiger partial charge in [0.15, 0.2) is 15.8 Å². The molecule has 7 heteroatoms. The predicted molar refractivity (Wildman–Crippen MR) is 120 cm³/mol. The highest BCUT2D eigenvalue weighted by Crippen LogP contribution is 2.36. The van der Waals surface area contributed by atoms with Gasteiger partial charge < -0.3 is 10.6 Å². The van der Waals surface area contributed by atoms with Crippen molar-refractivity contribution in [1.82, 2.24) is 15.5 Å². The van der Waals surface area contributed by atoms with Gasteiger partial charge in [-0.05, 0) is 52.0 Å². The van der Waals surface area contributed by atoms with Crippen LogP contribution in [0.3, 0.4) is 0 Å². The lowest BCUT2D eigenvalue weighted by Gasteiger charge is -2.39. The monoisotopic (exact) mass is 420 g/mol. The van der Waals surface area contributed by atoms with Crippen LogP contribution in [0.2, 0.25) is 0 Å². The van der Waals surface area contributed by atoms with Crippen LogP contribution >= 0.6 is 0 Å². The number of sulfone groups is 1. The van der Waals surface area contributed by atoms with Gasteiger partial charge in [0.05, 0.1) is 10.5 Å². The highest BCUT2D eigenvalue weighted by Gasteiger charge is 2.40. The Morgan fingerprint density at radius 2 is 1.76 bits per heavy atom. The SMILES string of the molecule is CN=C(NCCS(=O)(=O)C(C)(C)C)NC1CC2CCC(C1)N2Cc1ccccc1. The van der Waals surface area contributed by atoms with Gasteiger partial charge in [-0.2, -0.15) is 0 Å². The summed E-state index contributed by atoms with van der Waals surface area (Å²) in [4.78, 5) is 6.97. The van der Waals surface area contributed by atoms with Crippen molar-refractivity contribution >= 4 is 15.8 Å². The summed E-state index contributed by atoms with van der Waals surface area (Å²) in [7, 11) is -1.39. The first-order valence-electron chi connectivity index (χ1n) is 10.7. The molecule has 2 atom stereocenters. The molecule has 2 aliphatic rings. The molecule has 2 bridgehead atoms. The Hall–Kier alpha value is -1.60. The van der Waals surface area contributed by atoms with E-state index in [1.165, 1.54) is 18.4 Å². The summed E-state index contributed by atoms with van der Waals surface area (Å²) in [6.45, 7) is 6.64. The molecule has 1 aromatic rings. The zero-order valence-electron chi connectivity index (χ0n) is 18.2. The van der Waals surface area contributed by atoms with Crippen LogP contribution in [0, 0.1) is 0 Å². The Morgan fingerprint density at radius 3 is 2.31 bits per heavy atom. The Kier molecular flexibility index (Phi) is 6.89. The van der Waals surface area contributed by atoms with E-state index in [0.717, 1.165) is 19.4 Å². The maximum absolute atomic E-state index is 12.3. The molecular weight excluding hydrogens is 384 g/mol. The van der Waals surface area contributed by atoms with Gasteiger partial charge in [0.2, 0.25) is 0 Å².